The minimum atomic E-state index is -0.504. The molecule has 1 aromatic carbocycles. The molecule has 0 bridgehead atoms. The number of alkyl halides is 2. The molecule has 15 heavy (non-hydrogen) atoms. The van der Waals surface area contributed by atoms with Crippen molar-refractivity contribution in [3.05, 3.63) is 29.3 Å². The van der Waals surface area contributed by atoms with Crippen LogP contribution in [0, 0.1) is 18.8 Å². The Hall–Kier alpha value is -1.20. The van der Waals surface area contributed by atoms with E-state index in [0.29, 0.717) is 5.75 Å². The molecule has 0 radical (unpaired) electrons. The van der Waals surface area contributed by atoms with Crippen LogP contribution in [-0.4, -0.2) is 19.2 Å². The van der Waals surface area contributed by atoms with Gasteiger partial charge in [-0.3, -0.25) is 0 Å². The summed E-state index contributed by atoms with van der Waals surface area (Å²) in [6.07, 6.45) is 0. The topological polar surface area (TPSA) is 9.23 Å². The molecule has 0 amide bonds. The largest absolute Gasteiger partial charge is 0.490 e. The maximum absolute atomic E-state index is 12.0. The van der Waals surface area contributed by atoms with Crippen LogP contribution in [0.3, 0.4) is 0 Å². The Balaban J connectivity index is 2.92. The van der Waals surface area contributed by atoms with Gasteiger partial charge in [0.25, 0.3) is 0 Å². The summed E-state index contributed by atoms with van der Waals surface area (Å²) in [4.78, 5) is 0. The summed E-state index contributed by atoms with van der Waals surface area (Å²) in [5.41, 5.74) is 1.84. The minimum Gasteiger partial charge on any atom is -0.490 e. The fourth-order valence-corrected chi connectivity index (χ4v) is 1.21. The molecule has 0 aliphatic heterocycles. The van der Waals surface area contributed by atoms with Crippen LogP contribution >= 0.6 is 11.6 Å². The van der Waals surface area contributed by atoms with Gasteiger partial charge in [-0.2, -0.15) is 0 Å². The number of benzene rings is 1. The molecule has 0 spiro atoms. The number of hydrogen-bond donors (Lipinski definition) is 0. The Morgan fingerprint density at radius 3 is 2.93 bits per heavy atom. The van der Waals surface area contributed by atoms with Crippen molar-refractivity contribution in [1.82, 2.24) is 0 Å². The molecule has 80 valence electrons. The van der Waals surface area contributed by atoms with Gasteiger partial charge in [-0.1, -0.05) is 17.9 Å². The Kier molecular flexibility index (Phi) is 5.00. The molecule has 0 aliphatic carbocycles. The summed E-state index contributed by atoms with van der Waals surface area (Å²) < 4.78 is 17.2. The second-order valence-corrected chi connectivity index (χ2v) is 3.24. The van der Waals surface area contributed by atoms with Crippen LogP contribution in [0.15, 0.2) is 18.2 Å². The number of halogens is 2. The molecular formula is C12H12ClFO. The predicted molar refractivity (Wildman–Crippen MR) is 60.2 cm³/mol. The lowest BCUT2D eigenvalue weighted by atomic mass is 10.1. The van der Waals surface area contributed by atoms with Crippen molar-refractivity contribution in [2.75, 3.05) is 19.2 Å². The van der Waals surface area contributed by atoms with Crippen LogP contribution in [-0.2, 0) is 0 Å². The molecule has 0 heterocycles. The summed E-state index contributed by atoms with van der Waals surface area (Å²) in [5, 5.41) is 0. The number of hydrogen-bond acceptors (Lipinski definition) is 1. The first-order valence-electron chi connectivity index (χ1n) is 4.62. The highest BCUT2D eigenvalue weighted by Gasteiger charge is 2.01. The smallest absolute Gasteiger partial charge is 0.135 e. The molecule has 1 rings (SSSR count). The van der Waals surface area contributed by atoms with E-state index in [1.165, 1.54) is 0 Å². The van der Waals surface area contributed by atoms with Crippen molar-refractivity contribution in [2.24, 2.45) is 0 Å². The maximum Gasteiger partial charge on any atom is 0.135 e. The van der Waals surface area contributed by atoms with Gasteiger partial charge >= 0.3 is 0 Å². The lowest BCUT2D eigenvalue weighted by Crippen LogP contribution is -2.00. The number of ether oxygens (including phenoxy) is 1. The highest BCUT2D eigenvalue weighted by molar-refractivity contribution is 6.19. The van der Waals surface area contributed by atoms with E-state index in [-0.39, 0.29) is 12.5 Å². The molecule has 0 unspecified atom stereocenters. The van der Waals surface area contributed by atoms with Gasteiger partial charge in [-0.15, -0.1) is 11.6 Å². The molecule has 0 atom stereocenters. The van der Waals surface area contributed by atoms with Gasteiger partial charge in [0.15, 0.2) is 0 Å². The van der Waals surface area contributed by atoms with Crippen LogP contribution < -0.4 is 4.74 Å². The molecule has 1 aromatic rings. The maximum atomic E-state index is 12.0. The van der Waals surface area contributed by atoms with Crippen LogP contribution in [0.1, 0.15) is 11.1 Å². The van der Waals surface area contributed by atoms with E-state index in [4.69, 9.17) is 16.3 Å². The molecule has 0 aliphatic rings. The Bertz CT molecular complexity index is 379. The highest BCUT2D eigenvalue weighted by atomic mass is 35.5. The van der Waals surface area contributed by atoms with E-state index in [1.54, 1.807) is 6.07 Å². The fourth-order valence-electron chi connectivity index (χ4n) is 1.14. The van der Waals surface area contributed by atoms with Gasteiger partial charge in [0.05, 0.1) is 11.4 Å². The van der Waals surface area contributed by atoms with Crippen molar-refractivity contribution in [3.63, 3.8) is 0 Å². The Morgan fingerprint density at radius 1 is 1.47 bits per heavy atom. The highest BCUT2D eigenvalue weighted by Crippen LogP contribution is 2.18. The normalized spacial score (nSPS) is 9.27. The zero-order valence-corrected chi connectivity index (χ0v) is 9.27. The van der Waals surface area contributed by atoms with E-state index < -0.39 is 6.67 Å². The predicted octanol–water partition coefficient (Wildman–Crippen LogP) is 2.93. The monoisotopic (exact) mass is 226 g/mol. The third kappa shape index (κ3) is 3.81. The standard InChI is InChI=1S/C12H12ClFO/c1-10-4-5-12(15-8-7-14)11(9-10)3-2-6-13/h4-5,9H,6-8H2,1H3. The molecule has 0 fully saturated rings. The van der Waals surface area contributed by atoms with Gasteiger partial charge in [-0.25, -0.2) is 4.39 Å². The molecule has 1 nitrogen and oxygen atoms in total. The first kappa shape index (κ1) is 11.9. The van der Waals surface area contributed by atoms with E-state index >= 15 is 0 Å². The van der Waals surface area contributed by atoms with Gasteiger partial charge in [-0.05, 0) is 24.6 Å². The molecule has 0 saturated carbocycles. The third-order valence-electron chi connectivity index (χ3n) is 1.76. The fraction of sp³-hybridized carbons (Fsp3) is 0.333. The summed E-state index contributed by atoms with van der Waals surface area (Å²) in [5.74, 6) is 6.52. The lowest BCUT2D eigenvalue weighted by molar-refractivity contribution is 0.272. The van der Waals surface area contributed by atoms with Crippen LogP contribution in [0.5, 0.6) is 5.75 Å². The second kappa shape index (κ2) is 6.31. The van der Waals surface area contributed by atoms with Crippen molar-refractivity contribution in [3.8, 4) is 17.6 Å². The van der Waals surface area contributed by atoms with E-state index in [0.717, 1.165) is 11.1 Å². The lowest BCUT2D eigenvalue weighted by Gasteiger charge is -2.06. The minimum absolute atomic E-state index is 0.0542. The summed E-state index contributed by atoms with van der Waals surface area (Å²) in [6, 6.07) is 5.59. The first-order valence-corrected chi connectivity index (χ1v) is 5.15. The van der Waals surface area contributed by atoms with Crippen molar-refractivity contribution in [2.45, 2.75) is 6.92 Å². The molecule has 0 aromatic heterocycles. The quantitative estimate of drug-likeness (QED) is 0.569. The van der Waals surface area contributed by atoms with Crippen LogP contribution in [0.4, 0.5) is 4.39 Å². The summed E-state index contributed by atoms with van der Waals surface area (Å²) in [6.45, 7) is 1.51. The van der Waals surface area contributed by atoms with Gasteiger partial charge < -0.3 is 4.74 Å². The zero-order valence-electron chi connectivity index (χ0n) is 8.52. The summed E-state index contributed by atoms with van der Waals surface area (Å²) in [7, 11) is 0. The second-order valence-electron chi connectivity index (χ2n) is 2.97. The van der Waals surface area contributed by atoms with Gasteiger partial charge in [0, 0.05) is 0 Å². The summed E-state index contributed by atoms with van der Waals surface area (Å²) >= 11 is 5.47. The Morgan fingerprint density at radius 2 is 2.27 bits per heavy atom. The van der Waals surface area contributed by atoms with Gasteiger partial charge in [0.2, 0.25) is 0 Å². The average Bonchev–Trinajstić information content (AvgIpc) is 2.25. The zero-order chi connectivity index (χ0) is 11.1. The Labute approximate surface area is 94.2 Å². The van der Waals surface area contributed by atoms with Crippen molar-refractivity contribution >= 4 is 11.6 Å². The van der Waals surface area contributed by atoms with Crippen molar-refractivity contribution < 1.29 is 9.13 Å². The van der Waals surface area contributed by atoms with Crippen molar-refractivity contribution in [1.29, 1.82) is 0 Å². The number of rotatable bonds is 3. The van der Waals surface area contributed by atoms with E-state index in [1.807, 2.05) is 19.1 Å². The molecule has 0 N–H and O–H groups in total. The van der Waals surface area contributed by atoms with Gasteiger partial charge in [0.1, 0.15) is 19.0 Å². The SMILES string of the molecule is Cc1ccc(OCCF)c(C#CCCl)c1. The molecular weight excluding hydrogens is 215 g/mol. The van der Waals surface area contributed by atoms with E-state index in [9.17, 15) is 4.39 Å². The number of aryl methyl sites for hydroxylation is 1. The van der Waals surface area contributed by atoms with Crippen LogP contribution in [0.2, 0.25) is 0 Å². The van der Waals surface area contributed by atoms with Crippen LogP contribution in [0.25, 0.3) is 0 Å². The average molecular weight is 227 g/mol. The molecule has 0 saturated heterocycles. The first-order chi connectivity index (χ1) is 7.27. The van der Waals surface area contributed by atoms with E-state index in [2.05, 4.69) is 11.8 Å². The molecule has 3 heteroatoms. The third-order valence-corrected chi connectivity index (χ3v) is 1.89.